The number of benzene rings is 4. The first kappa shape index (κ1) is 104. The van der Waals surface area contributed by atoms with Crippen molar-refractivity contribution in [3.05, 3.63) is 172 Å². The molecule has 4 aromatic carbocycles. The van der Waals surface area contributed by atoms with Crippen LogP contribution >= 0.6 is 0 Å². The lowest BCUT2D eigenvalue weighted by molar-refractivity contribution is -0.438. The zero-order chi connectivity index (χ0) is 90.8. The predicted octanol–water partition coefficient (Wildman–Crippen LogP) is 5.61. The van der Waals surface area contributed by atoms with Crippen molar-refractivity contribution in [3.63, 3.8) is 0 Å². The molecule has 0 radical (unpaired) electrons. The van der Waals surface area contributed by atoms with E-state index in [0.29, 0.717) is 61.4 Å². The van der Waals surface area contributed by atoms with Gasteiger partial charge in [0.2, 0.25) is 23.4 Å². The number of hydrogen-bond acceptors (Lipinski definition) is 27. The highest BCUT2D eigenvalue weighted by molar-refractivity contribution is 7.86. The maximum absolute atomic E-state index is 14.5. The quantitative estimate of drug-likeness (QED) is 0.0148. The van der Waals surface area contributed by atoms with E-state index in [1.54, 1.807) is 61.5 Å². The Labute approximate surface area is 704 Å². The van der Waals surface area contributed by atoms with Crippen LogP contribution in [0.1, 0.15) is 166 Å². The Morgan fingerprint density at radius 3 is 1.77 bits per heavy atom. The molecule has 9 N–H and O–H groups in total. The number of fused-ring (bicyclic) bond motifs is 2. The Hall–Kier alpha value is -11.4. The van der Waals surface area contributed by atoms with Crippen molar-refractivity contribution in [2.24, 2.45) is 5.92 Å². The number of Topliss-reactive ketones (excluding diaryl/α,β-unsaturated/α-hetero) is 2. The minimum atomic E-state index is -4.41. The number of nitrogens with zero attached hydrogens (tertiary/aromatic N) is 2. The molecule has 121 heavy (non-hydrogen) atoms. The number of hydrogen-bond donors (Lipinski definition) is 9. The normalized spacial score (nSPS) is 15.1. The van der Waals surface area contributed by atoms with Crippen LogP contribution in [0.4, 0.5) is 16.2 Å². The van der Waals surface area contributed by atoms with Crippen LogP contribution in [0.2, 0.25) is 0 Å². The van der Waals surface area contributed by atoms with Crippen LogP contribution in [0.3, 0.4) is 0 Å². The minimum absolute atomic E-state index is 0.00472. The van der Waals surface area contributed by atoms with Gasteiger partial charge in [0, 0.05) is 111 Å². The van der Waals surface area contributed by atoms with Crippen molar-refractivity contribution in [1.29, 1.82) is 0 Å². The van der Waals surface area contributed by atoms with E-state index in [1.807, 2.05) is 48.6 Å². The van der Waals surface area contributed by atoms with Crippen LogP contribution < -0.4 is 36.2 Å². The standard InChI is InChI=1S/C78H99N7O19S2.CO2.3O3S/c1-6-79-70(89)51-56(50-66(87)62(48-52-22-8-7-9-23-52)81-69(88)31-15-10-26-57(86)37-40-61(74(93)94)83-76(97)80-43-21-32-71(90)91)73(92)82-63(75(95)96)49-53-33-38-58(39-34-53)104-72-54(35-41-67-77(2,3)59-27-11-13-29-64(59)84(67)44-16-18-46-105(98,99)100)24-20-25-55(72)36-42-68-78(4,5)60-28-12-14-30-65(60)85(68)45-17-19-47-106(101,102)103;2-1-3;3*1-4(2)3/h7-9,11-14,22-23,27-30,33-36,38-39,41-42,56,61-63H,6,10,15-21,24-26,31-32,37,40,43-51H2,1-5H3,(H9-,79,80,81,82,83,88,89,90,91,92,93,94,95,96,97,98,99,100,101,102,103);;;;/t56-,61-,62-,63-;;;;/m0..../s1. The maximum atomic E-state index is 14.5. The van der Waals surface area contributed by atoms with Gasteiger partial charge in [0.25, 0.3) is 10.1 Å². The monoisotopic (exact) mass is 1790 g/mol. The zero-order valence-electron chi connectivity index (χ0n) is 67.0. The molecule has 5 amide bonds. The summed E-state index contributed by atoms with van der Waals surface area (Å²) >= 11 is 0. The third-order valence-electron chi connectivity index (χ3n) is 19.1. The van der Waals surface area contributed by atoms with Crippen molar-refractivity contribution in [3.8, 4) is 5.75 Å². The summed E-state index contributed by atoms with van der Waals surface area (Å²) in [5.74, 6) is -8.07. The van der Waals surface area contributed by atoms with E-state index >= 15 is 0 Å². The number of allylic oxidation sites excluding steroid dienone is 7. The second-order valence-electron chi connectivity index (χ2n) is 28.7. The summed E-state index contributed by atoms with van der Waals surface area (Å²) in [4.78, 5) is 135. The highest BCUT2D eigenvalue weighted by Crippen LogP contribution is 2.48. The Bertz CT molecular complexity index is 5040. The number of carboxylic acid groups (broad SMARTS) is 3. The number of carbonyl (C=O) groups excluding carboxylic acids is 8. The fraction of sp³-hybridized carbons (Fsp3) is 0.456. The number of para-hydroxylation sites is 2. The average Bonchev–Trinajstić information content (AvgIpc) is 1.60. The first-order valence-electron chi connectivity index (χ1n) is 37.9. The molecule has 0 aromatic heterocycles. The Morgan fingerprint density at radius 2 is 1.17 bits per heavy atom. The van der Waals surface area contributed by atoms with Crippen LogP contribution in [-0.4, -0.2) is 205 Å². The number of urea groups is 1. The molecule has 1 aliphatic carbocycles. The van der Waals surface area contributed by atoms with Crippen LogP contribution in [-0.2, 0) is 124 Å². The number of nitrogens with one attached hydrogen (secondary N) is 5. The summed E-state index contributed by atoms with van der Waals surface area (Å²) in [5.41, 5.74) is 7.86. The summed E-state index contributed by atoms with van der Waals surface area (Å²) in [7, 11) is -17.9. The van der Waals surface area contributed by atoms with Gasteiger partial charge in [-0.2, -0.15) is 22.6 Å². The zero-order valence-corrected chi connectivity index (χ0v) is 71.0. The van der Waals surface area contributed by atoms with Gasteiger partial charge in [-0.1, -0.05) is 98.8 Å². The molecular weight excluding hydrogens is 1690 g/mol. The number of carbonyl (C=O) groups is 9. The first-order valence-corrected chi connectivity index (χ1v) is 44.1. The van der Waals surface area contributed by atoms with Gasteiger partial charge in [0.1, 0.15) is 35.9 Å². The SMILES string of the molecule is CCNC(=O)C[C@H](CC(=O)[C@H](Cc1ccccc1)NC(=O)CCCCC(=O)CC[C@H](NC(=O)NCCCC(=O)O)C(=O)O)C(=O)N[C@@H](Cc1ccc(OC2=C(C=CC3=[N+](CCCCS(=O)(=O)O)c4ccccc4C3(C)C)CCCC2=CC=C2N(CCCCS(=O)(=O)[O-])c3ccccc3C2(C)C)cc1)C(=O)O.O=C=O.O=S(=O)=O.O=S(=O)=O.O=S(=O)=O. The molecule has 7 rings (SSSR count). The lowest BCUT2D eigenvalue weighted by atomic mass is 9.81. The molecular formula is C79H99N7O30S5. The minimum Gasteiger partial charge on any atom is -0.748 e. The molecule has 2 heterocycles. The summed E-state index contributed by atoms with van der Waals surface area (Å²) in [5, 5.41) is 41.7. The van der Waals surface area contributed by atoms with E-state index in [9.17, 15) is 79.3 Å². The molecule has 4 aromatic rings. The number of ether oxygens (including phenoxy) is 1. The summed E-state index contributed by atoms with van der Waals surface area (Å²) in [6.45, 7) is 11.3. The van der Waals surface area contributed by atoms with E-state index in [2.05, 4.69) is 88.0 Å². The van der Waals surface area contributed by atoms with E-state index in [4.69, 9.17) is 57.3 Å². The number of amides is 5. The van der Waals surface area contributed by atoms with Crippen LogP contribution in [0.5, 0.6) is 5.75 Å². The Morgan fingerprint density at radius 1 is 0.603 bits per heavy atom. The predicted molar refractivity (Wildman–Crippen MR) is 432 cm³/mol. The molecule has 4 atom stereocenters. The molecule has 3 aliphatic rings. The smallest absolute Gasteiger partial charge is 0.425 e. The third kappa shape index (κ3) is 38.7. The molecule has 0 saturated heterocycles. The van der Waals surface area contributed by atoms with Gasteiger partial charge < -0.3 is 56.1 Å². The van der Waals surface area contributed by atoms with Crippen molar-refractivity contribution in [2.75, 3.05) is 42.6 Å². The number of rotatable bonds is 43. The molecule has 37 nitrogen and oxygen atoms in total. The van der Waals surface area contributed by atoms with Crippen LogP contribution in [0, 0.1) is 5.92 Å². The number of anilines is 1. The van der Waals surface area contributed by atoms with Gasteiger partial charge in [-0.25, -0.2) is 22.8 Å². The summed E-state index contributed by atoms with van der Waals surface area (Å²) < 4.78 is 153. The fourth-order valence-corrected chi connectivity index (χ4v) is 14.7. The van der Waals surface area contributed by atoms with Gasteiger partial charge in [-0.05, 0) is 150 Å². The molecule has 42 heteroatoms. The maximum Gasteiger partial charge on any atom is 0.425 e. The summed E-state index contributed by atoms with van der Waals surface area (Å²) in [6, 6.07) is 26.5. The van der Waals surface area contributed by atoms with Gasteiger partial charge >= 0.3 is 61.9 Å². The lowest BCUT2D eigenvalue weighted by Gasteiger charge is -2.28. The molecule has 660 valence electrons. The molecule has 0 spiro atoms. The molecule has 0 unspecified atom stereocenters. The number of unbranched alkanes of at least 4 members (excludes halogenated alkanes) is 3. The van der Waals surface area contributed by atoms with Gasteiger partial charge in [0.15, 0.2) is 11.5 Å². The largest absolute Gasteiger partial charge is 0.748 e. The van der Waals surface area contributed by atoms with Crippen molar-refractivity contribution in [1.82, 2.24) is 26.6 Å². The third-order valence-corrected chi connectivity index (χ3v) is 20.7. The Balaban J connectivity index is 0.00000232. The number of aliphatic carboxylic acids is 3. The number of carboxylic acids is 3. The lowest BCUT2D eigenvalue weighted by Crippen LogP contribution is -2.48. The molecule has 0 bridgehead atoms. The van der Waals surface area contributed by atoms with Crippen molar-refractivity contribution >= 4 is 129 Å². The van der Waals surface area contributed by atoms with Crippen LogP contribution in [0.15, 0.2) is 150 Å². The number of ketones is 2. The molecule has 2 aliphatic heterocycles. The second-order valence-corrected chi connectivity index (χ2v) is 33.0. The average molecular weight is 1790 g/mol. The van der Waals surface area contributed by atoms with Gasteiger partial charge in [-0.15, -0.1) is 37.9 Å². The first-order chi connectivity index (χ1) is 56.8. The van der Waals surface area contributed by atoms with Crippen molar-refractivity contribution < 1.29 is 141 Å². The van der Waals surface area contributed by atoms with E-state index in [1.165, 1.54) is 0 Å². The van der Waals surface area contributed by atoms with Gasteiger partial charge in [0.05, 0.1) is 33.2 Å². The highest BCUT2D eigenvalue weighted by atomic mass is 32.2. The second kappa shape index (κ2) is 51.9. The Kier molecular flexibility index (Phi) is 44.5. The summed E-state index contributed by atoms with van der Waals surface area (Å²) in [6.07, 6.45) is 10.2. The van der Waals surface area contributed by atoms with Gasteiger partial charge in [-0.3, -0.25) is 33.3 Å². The van der Waals surface area contributed by atoms with E-state index < -0.39 is 153 Å². The van der Waals surface area contributed by atoms with Crippen LogP contribution in [0.25, 0.3) is 0 Å². The molecule has 0 saturated carbocycles. The fourth-order valence-electron chi connectivity index (χ4n) is 13.6. The molecule has 0 fully saturated rings. The van der Waals surface area contributed by atoms with Crippen molar-refractivity contribution in [2.45, 2.75) is 186 Å². The van der Waals surface area contributed by atoms with E-state index in [-0.39, 0.29) is 108 Å². The topological polar surface area (TPSA) is 589 Å². The highest BCUT2D eigenvalue weighted by Gasteiger charge is 2.45. The van der Waals surface area contributed by atoms with E-state index in [0.717, 1.165) is 51.5 Å².